The minimum atomic E-state index is -0.793. The molecule has 0 bridgehead atoms. The molecule has 0 fully saturated rings. The molecule has 0 heterocycles. The quantitative estimate of drug-likeness (QED) is 0.0261. The van der Waals surface area contributed by atoms with Crippen LogP contribution in [0.15, 0.2) is 146 Å². The van der Waals surface area contributed by atoms with Crippen LogP contribution in [-0.2, 0) is 28.6 Å². The lowest BCUT2D eigenvalue weighted by atomic mass is 10.0. The molecule has 0 saturated heterocycles. The predicted molar refractivity (Wildman–Crippen MR) is 362 cm³/mol. The fraction of sp³-hybridized carbons (Fsp3) is 0.649. The molecule has 6 heteroatoms. The van der Waals surface area contributed by atoms with Gasteiger partial charge in [0.2, 0.25) is 0 Å². The molecule has 1 atom stereocenters. The van der Waals surface area contributed by atoms with Crippen LogP contribution < -0.4 is 0 Å². The number of unbranched alkanes of at least 4 members (excludes halogenated alkanes) is 26. The van der Waals surface area contributed by atoms with Gasteiger partial charge in [0.05, 0.1) is 0 Å². The highest BCUT2D eigenvalue weighted by Crippen LogP contribution is 2.16. The monoisotopic (exact) mass is 1150 g/mol. The zero-order chi connectivity index (χ0) is 59.9. The fourth-order valence-corrected chi connectivity index (χ4v) is 9.22. The van der Waals surface area contributed by atoms with E-state index in [-0.39, 0.29) is 31.1 Å². The van der Waals surface area contributed by atoms with Gasteiger partial charge in [-0.1, -0.05) is 295 Å². The lowest BCUT2D eigenvalue weighted by Gasteiger charge is -2.18. The third-order valence-electron chi connectivity index (χ3n) is 14.3. The van der Waals surface area contributed by atoms with Gasteiger partial charge in [0.25, 0.3) is 0 Å². The van der Waals surface area contributed by atoms with Crippen molar-refractivity contribution in [3.8, 4) is 0 Å². The number of carbonyl (C=O) groups is 3. The average Bonchev–Trinajstić information content (AvgIpc) is 3.48. The van der Waals surface area contributed by atoms with E-state index in [1.165, 1.54) is 116 Å². The molecule has 0 aliphatic rings. The number of rotatable bonds is 61. The largest absolute Gasteiger partial charge is 0.462 e. The van der Waals surface area contributed by atoms with E-state index in [2.05, 4.69) is 167 Å². The summed E-state index contributed by atoms with van der Waals surface area (Å²) in [5, 5.41) is 0. The van der Waals surface area contributed by atoms with Gasteiger partial charge in [0.15, 0.2) is 6.10 Å². The van der Waals surface area contributed by atoms with Crippen LogP contribution in [0, 0.1) is 0 Å². The SMILES string of the molecule is CC/C=C\C/C=C\C/C=C\C/C=C\C/C=C\C/C=C\C/C=C\CCCCCCCCCCCCCC(=O)OCC(COC(=O)CCCCCCC/C=C\CCCC)OC(=O)CCCCCCCCCC/C=C\C/C=C\C/C=C\C/C=C\CC. The lowest BCUT2D eigenvalue weighted by Crippen LogP contribution is -2.30. The van der Waals surface area contributed by atoms with Crippen LogP contribution in [0.3, 0.4) is 0 Å². The maximum Gasteiger partial charge on any atom is 0.306 e. The number of hydrogen-bond donors (Lipinski definition) is 0. The summed E-state index contributed by atoms with van der Waals surface area (Å²) in [6.07, 6.45) is 100. The van der Waals surface area contributed by atoms with E-state index in [1.807, 2.05) is 0 Å². The van der Waals surface area contributed by atoms with E-state index in [9.17, 15) is 14.4 Å². The molecule has 0 saturated carbocycles. The van der Waals surface area contributed by atoms with Gasteiger partial charge in [-0.25, -0.2) is 0 Å². The standard InChI is InChI=1S/C77H126O6/c1-4-7-10-13-16-19-22-24-26-28-30-32-33-34-35-36-37-38-39-40-41-42-43-45-46-48-50-52-55-58-61-64-67-70-76(79)82-73-74(72-81-75(78)69-66-63-60-57-54-21-18-15-12-9-6-3)83-77(80)71-68-65-62-59-56-53-51-49-47-44-31-29-27-25-23-20-17-14-11-8-5-2/h7-8,10-11,15-20,24-27,30-32,34-35,37-38,40-41,44,74H,4-6,9,12-14,21-23,28-29,33,36,39,42-43,45-73H2,1-3H3/b10-7-,11-8-,18-15-,19-16-,20-17-,26-24-,27-25-,32-30-,35-34-,38-37-,41-40-,44-31-. The summed E-state index contributed by atoms with van der Waals surface area (Å²) in [6.45, 7) is 6.37. The maximum atomic E-state index is 12.9. The highest BCUT2D eigenvalue weighted by atomic mass is 16.6. The molecule has 1 unspecified atom stereocenters. The van der Waals surface area contributed by atoms with E-state index in [4.69, 9.17) is 14.2 Å². The van der Waals surface area contributed by atoms with E-state index < -0.39 is 6.10 Å². The molecular formula is C77H126O6. The van der Waals surface area contributed by atoms with E-state index >= 15 is 0 Å². The van der Waals surface area contributed by atoms with Crippen molar-refractivity contribution < 1.29 is 28.6 Å². The molecular weight excluding hydrogens is 1020 g/mol. The molecule has 0 aliphatic carbocycles. The van der Waals surface area contributed by atoms with E-state index in [0.717, 1.165) is 148 Å². The summed E-state index contributed by atoms with van der Waals surface area (Å²) in [7, 11) is 0. The first kappa shape index (κ1) is 78.3. The minimum absolute atomic E-state index is 0.0885. The molecule has 0 rings (SSSR count). The average molecular weight is 1150 g/mol. The van der Waals surface area contributed by atoms with Crippen LogP contribution in [0.5, 0.6) is 0 Å². The van der Waals surface area contributed by atoms with Crippen molar-refractivity contribution in [3.63, 3.8) is 0 Å². The number of allylic oxidation sites excluding steroid dienone is 24. The van der Waals surface area contributed by atoms with Gasteiger partial charge in [-0.05, 0) is 135 Å². The molecule has 0 aromatic rings. The molecule has 83 heavy (non-hydrogen) atoms. The third kappa shape index (κ3) is 68.0. The van der Waals surface area contributed by atoms with Crippen LogP contribution in [-0.4, -0.2) is 37.2 Å². The van der Waals surface area contributed by atoms with E-state index in [0.29, 0.717) is 19.3 Å². The van der Waals surface area contributed by atoms with Crippen molar-refractivity contribution in [1.29, 1.82) is 0 Å². The normalized spacial score (nSPS) is 13.0. The Hall–Kier alpha value is -4.71. The second-order valence-electron chi connectivity index (χ2n) is 22.3. The summed E-state index contributed by atoms with van der Waals surface area (Å²) in [5.74, 6) is -0.906. The Balaban J connectivity index is 4.25. The predicted octanol–water partition coefficient (Wildman–Crippen LogP) is 23.9. The molecule has 0 aromatic carbocycles. The molecule has 6 nitrogen and oxygen atoms in total. The molecule has 0 aliphatic heterocycles. The third-order valence-corrected chi connectivity index (χ3v) is 14.3. The molecule has 0 spiro atoms. The van der Waals surface area contributed by atoms with Crippen molar-refractivity contribution in [1.82, 2.24) is 0 Å². The summed E-state index contributed by atoms with van der Waals surface area (Å²) >= 11 is 0. The first-order valence-corrected chi connectivity index (χ1v) is 34.3. The lowest BCUT2D eigenvalue weighted by molar-refractivity contribution is -0.167. The van der Waals surface area contributed by atoms with Gasteiger partial charge in [-0.15, -0.1) is 0 Å². The minimum Gasteiger partial charge on any atom is -0.462 e. The van der Waals surface area contributed by atoms with Gasteiger partial charge in [0.1, 0.15) is 13.2 Å². The van der Waals surface area contributed by atoms with Crippen molar-refractivity contribution in [2.24, 2.45) is 0 Å². The second kappa shape index (κ2) is 69.8. The number of esters is 3. The fourth-order valence-electron chi connectivity index (χ4n) is 9.22. The zero-order valence-corrected chi connectivity index (χ0v) is 53.9. The Labute approximate surface area is 512 Å². The smallest absolute Gasteiger partial charge is 0.306 e. The number of carbonyl (C=O) groups excluding carboxylic acids is 3. The first-order valence-electron chi connectivity index (χ1n) is 34.3. The Kier molecular flexibility index (Phi) is 65.8. The molecule has 0 amide bonds. The summed E-state index contributed by atoms with van der Waals surface area (Å²) in [5.41, 5.74) is 0. The first-order chi connectivity index (χ1) is 41.0. The van der Waals surface area contributed by atoms with Crippen LogP contribution in [0.25, 0.3) is 0 Å². The van der Waals surface area contributed by atoms with Gasteiger partial charge in [0, 0.05) is 19.3 Å². The van der Waals surface area contributed by atoms with Crippen molar-refractivity contribution in [2.45, 2.75) is 309 Å². The molecule has 0 N–H and O–H groups in total. The topological polar surface area (TPSA) is 78.9 Å². The Morgan fingerprint density at radius 3 is 0.747 bits per heavy atom. The van der Waals surface area contributed by atoms with Crippen molar-refractivity contribution >= 4 is 17.9 Å². The summed E-state index contributed by atoms with van der Waals surface area (Å²) in [6, 6.07) is 0. The van der Waals surface area contributed by atoms with Crippen LogP contribution >= 0.6 is 0 Å². The summed E-state index contributed by atoms with van der Waals surface area (Å²) < 4.78 is 16.9. The highest BCUT2D eigenvalue weighted by Gasteiger charge is 2.19. The van der Waals surface area contributed by atoms with E-state index in [1.54, 1.807) is 0 Å². The second-order valence-corrected chi connectivity index (χ2v) is 22.3. The molecule has 470 valence electrons. The van der Waals surface area contributed by atoms with Gasteiger partial charge in [-0.3, -0.25) is 14.4 Å². The number of hydrogen-bond acceptors (Lipinski definition) is 6. The zero-order valence-electron chi connectivity index (χ0n) is 53.9. The Morgan fingerprint density at radius 1 is 0.253 bits per heavy atom. The highest BCUT2D eigenvalue weighted by molar-refractivity contribution is 5.71. The van der Waals surface area contributed by atoms with Gasteiger partial charge in [-0.2, -0.15) is 0 Å². The Bertz CT molecular complexity index is 1800. The van der Waals surface area contributed by atoms with Crippen LogP contribution in [0.2, 0.25) is 0 Å². The van der Waals surface area contributed by atoms with Crippen molar-refractivity contribution in [3.05, 3.63) is 146 Å². The van der Waals surface area contributed by atoms with Crippen LogP contribution in [0.1, 0.15) is 303 Å². The van der Waals surface area contributed by atoms with Crippen LogP contribution in [0.4, 0.5) is 0 Å². The Morgan fingerprint density at radius 2 is 0.470 bits per heavy atom. The van der Waals surface area contributed by atoms with Gasteiger partial charge < -0.3 is 14.2 Å². The molecule has 0 radical (unpaired) electrons. The summed E-state index contributed by atoms with van der Waals surface area (Å²) in [4.78, 5) is 38.3. The number of ether oxygens (including phenoxy) is 3. The molecule has 0 aromatic heterocycles. The van der Waals surface area contributed by atoms with Gasteiger partial charge >= 0.3 is 17.9 Å². The van der Waals surface area contributed by atoms with Crippen molar-refractivity contribution in [2.75, 3.05) is 13.2 Å². The maximum absolute atomic E-state index is 12.9.